The van der Waals surface area contributed by atoms with Crippen LogP contribution in [0.3, 0.4) is 0 Å². The Morgan fingerprint density at radius 1 is 1.03 bits per heavy atom. The lowest BCUT2D eigenvalue weighted by molar-refractivity contribution is -0.117. The zero-order chi connectivity index (χ0) is 20.3. The Labute approximate surface area is 177 Å². The molecule has 1 saturated heterocycles. The maximum Gasteiger partial charge on any atom is 0.238 e. The molecule has 0 saturated carbocycles. The first-order valence-corrected chi connectivity index (χ1v) is 10.8. The molecule has 0 spiro atoms. The van der Waals surface area contributed by atoms with Crippen LogP contribution >= 0.6 is 11.8 Å². The van der Waals surface area contributed by atoms with Crippen LogP contribution in [0.1, 0.15) is 5.56 Å². The van der Waals surface area contributed by atoms with Crippen LogP contribution in [0.4, 0.5) is 5.69 Å². The van der Waals surface area contributed by atoms with Crippen LogP contribution in [0.2, 0.25) is 0 Å². The van der Waals surface area contributed by atoms with Crippen molar-refractivity contribution in [3.8, 4) is 6.07 Å². The fraction of sp³-hybridized carbons (Fsp3) is 0.304. The minimum Gasteiger partial charge on any atom is -0.324 e. The van der Waals surface area contributed by atoms with Crippen molar-refractivity contribution in [1.82, 2.24) is 9.80 Å². The van der Waals surface area contributed by atoms with Crippen molar-refractivity contribution in [2.24, 2.45) is 0 Å². The first-order valence-electron chi connectivity index (χ1n) is 9.79. The lowest BCUT2D eigenvalue weighted by atomic mass is 10.2. The molecule has 3 rings (SSSR count). The van der Waals surface area contributed by atoms with Crippen LogP contribution in [-0.2, 0) is 4.79 Å². The quantitative estimate of drug-likeness (QED) is 0.679. The Bertz CT molecular complexity index is 855. The molecule has 0 radical (unpaired) electrons. The molecule has 29 heavy (non-hydrogen) atoms. The molecular formula is C23H26N4OS. The molecule has 0 atom stereocenters. The van der Waals surface area contributed by atoms with E-state index in [-0.39, 0.29) is 5.91 Å². The number of rotatable bonds is 8. The monoisotopic (exact) mass is 406 g/mol. The van der Waals surface area contributed by atoms with Gasteiger partial charge in [0.15, 0.2) is 0 Å². The second-order valence-corrected chi connectivity index (χ2v) is 7.90. The van der Waals surface area contributed by atoms with Crippen LogP contribution in [-0.4, -0.2) is 60.7 Å². The number of nitriles is 1. The molecule has 0 aliphatic carbocycles. The van der Waals surface area contributed by atoms with Gasteiger partial charge in [-0.1, -0.05) is 54.6 Å². The minimum absolute atomic E-state index is 0.00701. The predicted octanol–water partition coefficient (Wildman–Crippen LogP) is 3.57. The predicted molar refractivity (Wildman–Crippen MR) is 120 cm³/mol. The van der Waals surface area contributed by atoms with Gasteiger partial charge < -0.3 is 5.32 Å². The van der Waals surface area contributed by atoms with Gasteiger partial charge in [-0.25, -0.2) is 0 Å². The number of carbonyl (C=O) groups excluding carboxylic acids is 1. The lowest BCUT2D eigenvalue weighted by Crippen LogP contribution is -2.48. The Morgan fingerprint density at radius 3 is 2.48 bits per heavy atom. The number of nitrogens with zero attached hydrogens (tertiary/aromatic N) is 3. The molecule has 1 amide bonds. The highest BCUT2D eigenvalue weighted by Gasteiger charge is 2.18. The molecule has 150 valence electrons. The van der Waals surface area contributed by atoms with E-state index in [1.165, 1.54) is 17.3 Å². The van der Waals surface area contributed by atoms with E-state index in [1.54, 1.807) is 0 Å². The van der Waals surface area contributed by atoms with E-state index in [1.807, 2.05) is 42.5 Å². The van der Waals surface area contributed by atoms with Crippen molar-refractivity contribution >= 4 is 29.4 Å². The smallest absolute Gasteiger partial charge is 0.238 e. The summed E-state index contributed by atoms with van der Waals surface area (Å²) in [7, 11) is 0. The van der Waals surface area contributed by atoms with Gasteiger partial charge in [-0.2, -0.15) is 5.26 Å². The molecule has 2 aromatic carbocycles. The molecule has 5 nitrogen and oxygen atoms in total. The minimum atomic E-state index is -0.00701. The average molecular weight is 407 g/mol. The van der Waals surface area contributed by atoms with E-state index >= 15 is 0 Å². The third-order valence-corrected chi connectivity index (χ3v) is 5.70. The summed E-state index contributed by atoms with van der Waals surface area (Å²) in [6, 6.07) is 20.1. The van der Waals surface area contributed by atoms with Crippen LogP contribution < -0.4 is 5.32 Å². The zero-order valence-electron chi connectivity index (χ0n) is 16.5. The van der Waals surface area contributed by atoms with Gasteiger partial charge in [0, 0.05) is 37.6 Å². The van der Waals surface area contributed by atoms with Crippen LogP contribution in [0.15, 0.2) is 65.6 Å². The summed E-state index contributed by atoms with van der Waals surface area (Å²) in [6.45, 7) is 5.01. The Hall–Kier alpha value is -2.59. The van der Waals surface area contributed by atoms with Gasteiger partial charge >= 0.3 is 0 Å². The van der Waals surface area contributed by atoms with Crippen molar-refractivity contribution in [3.05, 3.63) is 66.2 Å². The number of amides is 1. The van der Waals surface area contributed by atoms with E-state index < -0.39 is 0 Å². The fourth-order valence-electron chi connectivity index (χ4n) is 3.23. The number of piperazine rings is 1. The van der Waals surface area contributed by atoms with E-state index in [0.717, 1.165) is 43.3 Å². The third-order valence-electron chi connectivity index (χ3n) is 4.76. The number of thioether (sulfide) groups is 1. The first kappa shape index (κ1) is 21.1. The van der Waals surface area contributed by atoms with Gasteiger partial charge in [0.05, 0.1) is 24.1 Å². The number of hydrogen-bond acceptors (Lipinski definition) is 5. The number of carbonyl (C=O) groups is 1. The zero-order valence-corrected chi connectivity index (χ0v) is 17.3. The lowest BCUT2D eigenvalue weighted by Gasteiger charge is -2.33. The summed E-state index contributed by atoms with van der Waals surface area (Å²) in [5.41, 5.74) is 2.00. The molecule has 0 aromatic heterocycles. The molecule has 1 aliphatic heterocycles. The topological polar surface area (TPSA) is 59.4 Å². The second kappa shape index (κ2) is 11.4. The molecule has 1 heterocycles. The van der Waals surface area contributed by atoms with Gasteiger partial charge in [-0.05, 0) is 17.7 Å². The van der Waals surface area contributed by atoms with Gasteiger partial charge in [0.25, 0.3) is 0 Å². The summed E-state index contributed by atoms with van der Waals surface area (Å²) in [5.74, 6) is 0.362. The summed E-state index contributed by atoms with van der Waals surface area (Å²) in [4.78, 5) is 18.0. The average Bonchev–Trinajstić information content (AvgIpc) is 2.75. The maximum absolute atomic E-state index is 12.5. The number of hydrogen-bond donors (Lipinski definition) is 1. The van der Waals surface area contributed by atoms with E-state index in [2.05, 4.69) is 45.5 Å². The molecule has 1 N–H and O–H groups in total. The largest absolute Gasteiger partial charge is 0.324 e. The van der Waals surface area contributed by atoms with Crippen molar-refractivity contribution < 1.29 is 4.79 Å². The standard InChI is InChI=1S/C23H26N4OS/c24-12-18-29-22-11-5-4-10-21(22)25-23(28)19-27-16-14-26(15-17-27)13-6-9-20-7-2-1-3-8-20/h1-11H,13-19H2,(H,25,28)/b9-6+. The molecule has 1 aliphatic rings. The van der Waals surface area contributed by atoms with Crippen molar-refractivity contribution in [1.29, 1.82) is 5.26 Å². The van der Waals surface area contributed by atoms with E-state index in [9.17, 15) is 4.79 Å². The van der Waals surface area contributed by atoms with Gasteiger partial charge in [0.1, 0.15) is 0 Å². The summed E-state index contributed by atoms with van der Waals surface area (Å²) >= 11 is 1.44. The number of nitrogens with one attached hydrogen (secondary N) is 1. The van der Waals surface area contributed by atoms with Crippen molar-refractivity contribution in [2.45, 2.75) is 4.90 Å². The van der Waals surface area contributed by atoms with Crippen molar-refractivity contribution in [3.63, 3.8) is 0 Å². The molecule has 6 heteroatoms. The third kappa shape index (κ3) is 7.06. The highest BCUT2D eigenvalue weighted by molar-refractivity contribution is 7.99. The molecule has 0 unspecified atom stereocenters. The normalized spacial score (nSPS) is 15.3. The molecule has 2 aromatic rings. The summed E-state index contributed by atoms with van der Waals surface area (Å²) in [5, 5.41) is 11.8. The molecule has 1 fully saturated rings. The van der Waals surface area contributed by atoms with Crippen LogP contribution in [0.25, 0.3) is 6.08 Å². The van der Waals surface area contributed by atoms with Crippen LogP contribution in [0.5, 0.6) is 0 Å². The van der Waals surface area contributed by atoms with E-state index in [0.29, 0.717) is 12.3 Å². The molecule has 0 bridgehead atoms. The van der Waals surface area contributed by atoms with Crippen LogP contribution in [0, 0.1) is 11.3 Å². The highest BCUT2D eigenvalue weighted by atomic mass is 32.2. The SMILES string of the molecule is N#CCSc1ccccc1NC(=O)CN1CCN(C/C=C/c2ccccc2)CC1. The maximum atomic E-state index is 12.5. The number of benzene rings is 2. The van der Waals surface area contributed by atoms with Crippen molar-refractivity contribution in [2.75, 3.05) is 50.3 Å². The summed E-state index contributed by atoms with van der Waals surface area (Å²) < 4.78 is 0. The van der Waals surface area contributed by atoms with Gasteiger partial charge in [0.2, 0.25) is 5.91 Å². The first-order chi connectivity index (χ1) is 14.2. The fourth-order valence-corrected chi connectivity index (χ4v) is 3.90. The summed E-state index contributed by atoms with van der Waals surface area (Å²) in [6.07, 6.45) is 4.36. The van der Waals surface area contributed by atoms with Gasteiger partial charge in [-0.15, -0.1) is 11.8 Å². The van der Waals surface area contributed by atoms with E-state index in [4.69, 9.17) is 5.26 Å². The van der Waals surface area contributed by atoms with Gasteiger partial charge in [-0.3, -0.25) is 14.6 Å². The Balaban J connectivity index is 1.41. The Morgan fingerprint density at radius 2 is 1.72 bits per heavy atom. The molecular weight excluding hydrogens is 380 g/mol. The highest BCUT2D eigenvalue weighted by Crippen LogP contribution is 2.26. The Kier molecular flexibility index (Phi) is 8.32. The second-order valence-electron chi connectivity index (χ2n) is 6.88. The number of anilines is 1. The number of para-hydroxylation sites is 1.